The second kappa shape index (κ2) is 7.49. The van der Waals surface area contributed by atoms with Gasteiger partial charge in [-0.25, -0.2) is 9.97 Å². The molecule has 1 saturated heterocycles. The van der Waals surface area contributed by atoms with E-state index in [4.69, 9.17) is 9.47 Å². The number of para-hydroxylation sites is 2. The number of hydrogen-bond acceptors (Lipinski definition) is 6. The molecule has 24 heavy (non-hydrogen) atoms. The van der Waals surface area contributed by atoms with E-state index in [1.165, 1.54) is 0 Å². The number of anilines is 3. The lowest BCUT2D eigenvalue weighted by Gasteiger charge is -2.28. The number of rotatable bonds is 5. The van der Waals surface area contributed by atoms with Gasteiger partial charge in [0.25, 0.3) is 0 Å². The molecule has 0 saturated carbocycles. The third-order valence-electron chi connectivity index (χ3n) is 3.67. The number of aryl methyl sites for hydroxylation is 1. The van der Waals surface area contributed by atoms with E-state index >= 15 is 0 Å². The summed E-state index contributed by atoms with van der Waals surface area (Å²) < 4.78 is 11.3. The molecule has 2 heterocycles. The van der Waals surface area contributed by atoms with Gasteiger partial charge in [0.05, 0.1) is 25.0 Å². The lowest BCUT2D eigenvalue weighted by Crippen LogP contribution is -2.36. The molecule has 1 aliphatic heterocycles. The number of hydrogen-bond donors (Lipinski definition) is 1. The van der Waals surface area contributed by atoms with Crippen LogP contribution in [0.3, 0.4) is 0 Å². The Hall–Kier alpha value is -2.34. The third-order valence-corrected chi connectivity index (χ3v) is 3.67. The minimum atomic E-state index is 0.115. The third kappa shape index (κ3) is 4.14. The molecule has 1 aliphatic rings. The van der Waals surface area contributed by atoms with Crippen molar-refractivity contribution in [3.05, 3.63) is 36.2 Å². The summed E-state index contributed by atoms with van der Waals surface area (Å²) >= 11 is 0. The molecule has 1 N–H and O–H groups in total. The molecule has 128 valence electrons. The van der Waals surface area contributed by atoms with Crippen LogP contribution in [0.25, 0.3) is 0 Å². The molecule has 0 atom stereocenters. The molecular weight excluding hydrogens is 304 g/mol. The van der Waals surface area contributed by atoms with Gasteiger partial charge in [-0.15, -0.1) is 0 Å². The molecular formula is C18H24N4O2. The minimum absolute atomic E-state index is 0.115. The zero-order chi connectivity index (χ0) is 16.9. The first-order valence-corrected chi connectivity index (χ1v) is 8.33. The van der Waals surface area contributed by atoms with Crippen LogP contribution in [0.4, 0.5) is 17.3 Å². The van der Waals surface area contributed by atoms with E-state index in [1.54, 1.807) is 0 Å². The summed E-state index contributed by atoms with van der Waals surface area (Å²) in [5, 5.41) is 3.36. The number of morpholine rings is 1. The summed E-state index contributed by atoms with van der Waals surface area (Å²) in [5.41, 5.74) is 0.900. The summed E-state index contributed by atoms with van der Waals surface area (Å²) in [6.45, 7) is 9.11. The van der Waals surface area contributed by atoms with E-state index in [9.17, 15) is 0 Å². The fourth-order valence-corrected chi connectivity index (χ4v) is 2.64. The first-order chi connectivity index (χ1) is 11.6. The molecule has 0 radical (unpaired) electrons. The summed E-state index contributed by atoms with van der Waals surface area (Å²) in [5.74, 6) is 3.25. The first kappa shape index (κ1) is 16.5. The van der Waals surface area contributed by atoms with Crippen molar-refractivity contribution in [2.45, 2.75) is 26.9 Å². The maximum absolute atomic E-state index is 5.86. The normalized spacial score (nSPS) is 14.8. The van der Waals surface area contributed by atoms with Crippen molar-refractivity contribution in [1.29, 1.82) is 0 Å². The first-order valence-electron chi connectivity index (χ1n) is 8.33. The highest BCUT2D eigenvalue weighted by Gasteiger charge is 2.15. The maximum Gasteiger partial charge on any atom is 0.143 e. The summed E-state index contributed by atoms with van der Waals surface area (Å²) in [6, 6.07) is 9.87. The van der Waals surface area contributed by atoms with Crippen LogP contribution in [-0.4, -0.2) is 42.4 Å². The van der Waals surface area contributed by atoms with Crippen molar-refractivity contribution in [1.82, 2.24) is 9.97 Å². The molecule has 1 fully saturated rings. The van der Waals surface area contributed by atoms with Gasteiger partial charge in [0.2, 0.25) is 0 Å². The van der Waals surface area contributed by atoms with Gasteiger partial charge in [0, 0.05) is 19.2 Å². The highest BCUT2D eigenvalue weighted by Crippen LogP contribution is 2.28. The van der Waals surface area contributed by atoms with E-state index in [0.717, 1.165) is 55.2 Å². The number of nitrogens with one attached hydrogen (secondary N) is 1. The number of nitrogens with zero attached hydrogens (tertiary/aromatic N) is 3. The number of aromatic nitrogens is 2. The van der Waals surface area contributed by atoms with E-state index in [0.29, 0.717) is 0 Å². The fourth-order valence-electron chi connectivity index (χ4n) is 2.64. The molecule has 2 aromatic rings. The van der Waals surface area contributed by atoms with Gasteiger partial charge in [0.15, 0.2) is 0 Å². The van der Waals surface area contributed by atoms with E-state index in [2.05, 4.69) is 20.2 Å². The predicted molar refractivity (Wildman–Crippen MR) is 95.3 cm³/mol. The average molecular weight is 328 g/mol. The summed E-state index contributed by atoms with van der Waals surface area (Å²) in [4.78, 5) is 11.3. The van der Waals surface area contributed by atoms with E-state index < -0.39 is 0 Å². The van der Waals surface area contributed by atoms with Crippen LogP contribution in [0.1, 0.15) is 19.7 Å². The topological polar surface area (TPSA) is 59.5 Å². The smallest absolute Gasteiger partial charge is 0.143 e. The SMILES string of the molecule is Cc1nc(Nc2ccccc2OC(C)C)cc(N2CCOCC2)n1. The van der Waals surface area contributed by atoms with Crippen molar-refractivity contribution in [3.8, 4) is 5.75 Å². The highest BCUT2D eigenvalue weighted by atomic mass is 16.5. The molecule has 3 rings (SSSR count). The predicted octanol–water partition coefficient (Wildman–Crippen LogP) is 3.15. The van der Waals surface area contributed by atoms with Gasteiger partial charge < -0.3 is 19.7 Å². The standard InChI is InChI=1S/C18H24N4O2/c1-13(2)24-16-7-5-4-6-15(16)21-17-12-18(20-14(3)19-17)22-8-10-23-11-9-22/h4-7,12-13H,8-11H2,1-3H3,(H,19,20,21). The van der Waals surface area contributed by atoms with Crippen LogP contribution in [0.2, 0.25) is 0 Å². The molecule has 1 aromatic heterocycles. The molecule has 0 spiro atoms. The van der Waals surface area contributed by atoms with Crippen molar-refractivity contribution >= 4 is 17.3 Å². The van der Waals surface area contributed by atoms with Crippen LogP contribution >= 0.6 is 0 Å². The Bertz CT molecular complexity index is 684. The zero-order valence-electron chi connectivity index (χ0n) is 14.5. The van der Waals surface area contributed by atoms with Crippen LogP contribution in [-0.2, 0) is 4.74 Å². The van der Waals surface area contributed by atoms with Gasteiger partial charge in [0.1, 0.15) is 23.2 Å². The number of ether oxygens (including phenoxy) is 2. The van der Waals surface area contributed by atoms with Crippen LogP contribution in [0.5, 0.6) is 5.75 Å². The molecule has 0 aliphatic carbocycles. The van der Waals surface area contributed by atoms with Gasteiger partial charge in [-0.3, -0.25) is 0 Å². The Balaban J connectivity index is 1.84. The van der Waals surface area contributed by atoms with Crippen LogP contribution in [0, 0.1) is 6.92 Å². The Morgan fingerprint density at radius 2 is 1.92 bits per heavy atom. The summed E-state index contributed by atoms with van der Waals surface area (Å²) in [6.07, 6.45) is 0.115. The molecule has 6 nitrogen and oxygen atoms in total. The van der Waals surface area contributed by atoms with Crippen LogP contribution in [0.15, 0.2) is 30.3 Å². The van der Waals surface area contributed by atoms with Gasteiger partial charge in [-0.1, -0.05) is 12.1 Å². The van der Waals surface area contributed by atoms with Crippen molar-refractivity contribution in [2.75, 3.05) is 36.5 Å². The quantitative estimate of drug-likeness (QED) is 0.910. The molecule has 0 bridgehead atoms. The molecule has 0 unspecified atom stereocenters. The minimum Gasteiger partial charge on any atom is -0.489 e. The maximum atomic E-state index is 5.86. The van der Waals surface area contributed by atoms with Crippen molar-refractivity contribution in [2.24, 2.45) is 0 Å². The van der Waals surface area contributed by atoms with Gasteiger partial charge >= 0.3 is 0 Å². The van der Waals surface area contributed by atoms with Crippen LogP contribution < -0.4 is 15.0 Å². The second-order valence-electron chi connectivity index (χ2n) is 6.05. The monoisotopic (exact) mass is 328 g/mol. The molecule has 6 heteroatoms. The van der Waals surface area contributed by atoms with E-state index in [-0.39, 0.29) is 6.10 Å². The average Bonchev–Trinajstić information content (AvgIpc) is 2.56. The van der Waals surface area contributed by atoms with Crippen molar-refractivity contribution in [3.63, 3.8) is 0 Å². The Morgan fingerprint density at radius 3 is 2.67 bits per heavy atom. The van der Waals surface area contributed by atoms with Gasteiger partial charge in [-0.05, 0) is 32.9 Å². The number of benzene rings is 1. The summed E-state index contributed by atoms with van der Waals surface area (Å²) in [7, 11) is 0. The van der Waals surface area contributed by atoms with E-state index in [1.807, 2.05) is 51.1 Å². The highest BCUT2D eigenvalue weighted by molar-refractivity contribution is 5.65. The van der Waals surface area contributed by atoms with Crippen molar-refractivity contribution < 1.29 is 9.47 Å². The Labute approximate surface area is 142 Å². The van der Waals surface area contributed by atoms with Gasteiger partial charge in [-0.2, -0.15) is 0 Å². The lowest BCUT2D eigenvalue weighted by molar-refractivity contribution is 0.122. The molecule has 0 amide bonds. The fraction of sp³-hybridized carbons (Fsp3) is 0.444. The Kier molecular flexibility index (Phi) is 5.15. The molecule has 1 aromatic carbocycles. The second-order valence-corrected chi connectivity index (χ2v) is 6.05. The zero-order valence-corrected chi connectivity index (χ0v) is 14.5. The largest absolute Gasteiger partial charge is 0.489 e. The lowest BCUT2D eigenvalue weighted by atomic mass is 10.3. The Morgan fingerprint density at radius 1 is 1.17 bits per heavy atom.